The van der Waals surface area contributed by atoms with E-state index in [0.717, 1.165) is 6.26 Å². The molecule has 1 aromatic carbocycles. The van der Waals surface area contributed by atoms with Gasteiger partial charge in [0.25, 0.3) is 5.91 Å². The summed E-state index contributed by atoms with van der Waals surface area (Å²) in [6.07, 6.45) is 2.53. The fourth-order valence-corrected chi connectivity index (χ4v) is 1.66. The molecule has 0 radical (unpaired) electrons. The predicted molar refractivity (Wildman–Crippen MR) is 52.6 cm³/mol. The molecule has 0 saturated heterocycles. The van der Waals surface area contributed by atoms with Gasteiger partial charge in [-0.1, -0.05) is 6.07 Å². The van der Waals surface area contributed by atoms with Gasteiger partial charge in [0.1, 0.15) is 0 Å². The Morgan fingerprint density at radius 3 is 2.67 bits per heavy atom. The molecular formula is C9H8N2O3S. The van der Waals surface area contributed by atoms with Crippen molar-refractivity contribution in [3.05, 3.63) is 29.8 Å². The lowest BCUT2D eigenvalue weighted by atomic mass is 10.2. The van der Waals surface area contributed by atoms with Gasteiger partial charge < -0.3 is 0 Å². The van der Waals surface area contributed by atoms with Crippen LogP contribution in [0.5, 0.6) is 0 Å². The monoisotopic (exact) mass is 224 g/mol. The quantitative estimate of drug-likeness (QED) is 0.578. The lowest BCUT2D eigenvalue weighted by Crippen LogP contribution is -2.17. The van der Waals surface area contributed by atoms with E-state index in [9.17, 15) is 13.2 Å². The van der Waals surface area contributed by atoms with Gasteiger partial charge >= 0.3 is 0 Å². The minimum absolute atomic E-state index is 0.0492. The summed E-state index contributed by atoms with van der Waals surface area (Å²) in [5.41, 5.74) is 0.138. The number of nitrogens with zero attached hydrogens (tertiary/aromatic N) is 1. The van der Waals surface area contributed by atoms with Crippen LogP contribution < -0.4 is 5.32 Å². The standard InChI is InChI=1S/C9H8N2O3S/c1-15(13,14)8-4-2-3-7(5-8)9(12)11-6-10/h2-5H,1H3,(H,11,12). The molecule has 0 aliphatic heterocycles. The number of nitriles is 1. The Labute approximate surface area is 87.3 Å². The van der Waals surface area contributed by atoms with Gasteiger partial charge in [-0.15, -0.1) is 0 Å². The van der Waals surface area contributed by atoms with Crippen LogP contribution >= 0.6 is 0 Å². The zero-order valence-corrected chi connectivity index (χ0v) is 8.71. The van der Waals surface area contributed by atoms with Crippen molar-refractivity contribution in [3.8, 4) is 6.19 Å². The van der Waals surface area contributed by atoms with Crippen molar-refractivity contribution in [2.45, 2.75) is 4.90 Å². The SMILES string of the molecule is CS(=O)(=O)c1cccc(C(=O)NC#N)c1. The van der Waals surface area contributed by atoms with Gasteiger partial charge in [0.05, 0.1) is 4.90 Å². The van der Waals surface area contributed by atoms with Crippen molar-refractivity contribution >= 4 is 15.7 Å². The third-order valence-corrected chi connectivity index (χ3v) is 2.80. The molecule has 0 aliphatic rings. The van der Waals surface area contributed by atoms with Crippen molar-refractivity contribution < 1.29 is 13.2 Å². The molecule has 0 bridgehead atoms. The molecule has 15 heavy (non-hydrogen) atoms. The molecule has 0 aromatic heterocycles. The maximum Gasteiger partial charge on any atom is 0.264 e. The highest BCUT2D eigenvalue weighted by Crippen LogP contribution is 2.10. The van der Waals surface area contributed by atoms with Crippen LogP contribution in [-0.4, -0.2) is 20.6 Å². The fraction of sp³-hybridized carbons (Fsp3) is 0.111. The van der Waals surface area contributed by atoms with Crippen LogP contribution in [0.2, 0.25) is 0 Å². The van der Waals surface area contributed by atoms with E-state index in [2.05, 4.69) is 0 Å². The van der Waals surface area contributed by atoms with E-state index in [1.54, 1.807) is 0 Å². The summed E-state index contributed by atoms with van der Waals surface area (Å²) in [5, 5.41) is 10.1. The normalized spacial score (nSPS) is 10.4. The molecular weight excluding hydrogens is 216 g/mol. The number of hydrogen-bond acceptors (Lipinski definition) is 4. The second-order valence-electron chi connectivity index (χ2n) is 2.87. The smallest absolute Gasteiger partial charge is 0.264 e. The predicted octanol–water partition coefficient (Wildman–Crippen LogP) is 0.301. The third-order valence-electron chi connectivity index (χ3n) is 1.69. The van der Waals surface area contributed by atoms with Crippen molar-refractivity contribution in [2.75, 3.05) is 6.26 Å². The lowest BCUT2D eigenvalue weighted by molar-refractivity contribution is 0.0972. The Hall–Kier alpha value is -1.87. The summed E-state index contributed by atoms with van der Waals surface area (Å²) in [4.78, 5) is 11.2. The number of carbonyl (C=O) groups is 1. The summed E-state index contributed by atoms with van der Waals surface area (Å²) in [6.45, 7) is 0. The van der Waals surface area contributed by atoms with E-state index in [-0.39, 0.29) is 10.5 Å². The molecule has 1 rings (SSSR count). The average molecular weight is 224 g/mol. The first-order valence-corrected chi connectivity index (χ1v) is 5.84. The zero-order valence-electron chi connectivity index (χ0n) is 7.89. The minimum atomic E-state index is -3.34. The van der Waals surface area contributed by atoms with Crippen LogP contribution in [0.1, 0.15) is 10.4 Å². The highest BCUT2D eigenvalue weighted by molar-refractivity contribution is 7.90. The Kier molecular flexibility index (Phi) is 3.07. The largest absolute Gasteiger partial charge is 0.268 e. The number of hydrogen-bond donors (Lipinski definition) is 1. The third kappa shape index (κ3) is 2.79. The number of nitrogens with one attached hydrogen (secondary N) is 1. The van der Waals surface area contributed by atoms with Gasteiger partial charge in [-0.3, -0.25) is 10.1 Å². The van der Waals surface area contributed by atoms with Crippen molar-refractivity contribution in [1.29, 1.82) is 5.26 Å². The molecule has 1 amide bonds. The van der Waals surface area contributed by atoms with E-state index in [1.807, 2.05) is 5.32 Å². The van der Waals surface area contributed by atoms with Crippen molar-refractivity contribution in [3.63, 3.8) is 0 Å². The Morgan fingerprint density at radius 2 is 2.13 bits per heavy atom. The zero-order chi connectivity index (χ0) is 11.5. The molecule has 0 heterocycles. The summed E-state index contributed by atoms with van der Waals surface area (Å²) >= 11 is 0. The van der Waals surface area contributed by atoms with Gasteiger partial charge in [0.2, 0.25) is 0 Å². The van der Waals surface area contributed by atoms with Crippen LogP contribution in [0.25, 0.3) is 0 Å². The number of carbonyl (C=O) groups excluding carboxylic acids is 1. The van der Waals surface area contributed by atoms with E-state index in [4.69, 9.17) is 5.26 Å². The summed E-state index contributed by atoms with van der Waals surface area (Å²) < 4.78 is 22.3. The van der Waals surface area contributed by atoms with Gasteiger partial charge in [0, 0.05) is 11.8 Å². The summed E-state index contributed by atoms with van der Waals surface area (Å²) in [7, 11) is -3.34. The van der Waals surface area contributed by atoms with Crippen LogP contribution in [0.4, 0.5) is 0 Å². The molecule has 6 heteroatoms. The van der Waals surface area contributed by atoms with Crippen molar-refractivity contribution in [1.82, 2.24) is 5.32 Å². The molecule has 0 aliphatic carbocycles. The average Bonchev–Trinajstić information content (AvgIpc) is 2.17. The number of rotatable bonds is 2. The maximum atomic E-state index is 11.2. The Bertz CT molecular complexity index is 529. The minimum Gasteiger partial charge on any atom is -0.268 e. The first kappa shape index (κ1) is 11.2. The summed E-state index contributed by atoms with van der Waals surface area (Å²) in [5.74, 6) is -0.622. The van der Waals surface area contributed by atoms with Crippen LogP contribution in [0.15, 0.2) is 29.2 Å². The molecule has 0 atom stereocenters. The molecule has 1 N–H and O–H groups in total. The molecule has 5 nitrogen and oxygen atoms in total. The summed E-state index contributed by atoms with van der Waals surface area (Å²) in [6, 6.07) is 5.49. The van der Waals surface area contributed by atoms with Crippen LogP contribution in [0, 0.1) is 11.5 Å². The molecule has 0 spiro atoms. The second kappa shape index (κ2) is 4.11. The Balaban J connectivity index is 3.15. The number of benzene rings is 1. The van der Waals surface area contributed by atoms with E-state index < -0.39 is 15.7 Å². The highest BCUT2D eigenvalue weighted by atomic mass is 32.2. The fourth-order valence-electron chi connectivity index (χ4n) is 0.991. The van der Waals surface area contributed by atoms with Gasteiger partial charge in [-0.2, -0.15) is 5.26 Å². The molecule has 0 saturated carbocycles. The highest BCUT2D eigenvalue weighted by Gasteiger charge is 2.10. The van der Waals surface area contributed by atoms with Gasteiger partial charge in [0.15, 0.2) is 16.0 Å². The van der Waals surface area contributed by atoms with Crippen molar-refractivity contribution in [2.24, 2.45) is 0 Å². The van der Waals surface area contributed by atoms with E-state index in [1.165, 1.54) is 30.5 Å². The second-order valence-corrected chi connectivity index (χ2v) is 4.88. The maximum absolute atomic E-state index is 11.2. The first-order chi connectivity index (χ1) is 6.95. The van der Waals surface area contributed by atoms with E-state index in [0.29, 0.717) is 0 Å². The Morgan fingerprint density at radius 1 is 1.47 bits per heavy atom. The molecule has 1 aromatic rings. The first-order valence-electron chi connectivity index (χ1n) is 3.94. The van der Waals surface area contributed by atoms with Crippen LogP contribution in [-0.2, 0) is 9.84 Å². The molecule has 78 valence electrons. The topological polar surface area (TPSA) is 87.0 Å². The van der Waals surface area contributed by atoms with Crippen LogP contribution in [0.3, 0.4) is 0 Å². The van der Waals surface area contributed by atoms with Gasteiger partial charge in [-0.25, -0.2) is 8.42 Å². The lowest BCUT2D eigenvalue weighted by Gasteiger charge is -2.01. The number of sulfone groups is 1. The molecule has 0 fully saturated rings. The van der Waals surface area contributed by atoms with Gasteiger partial charge in [-0.05, 0) is 18.2 Å². The number of amides is 1. The molecule has 0 unspecified atom stereocenters. The van der Waals surface area contributed by atoms with E-state index >= 15 is 0 Å².